The molecule has 1 aliphatic heterocycles. The Morgan fingerprint density at radius 2 is 1.38 bits per heavy atom. The fourth-order valence-corrected chi connectivity index (χ4v) is 2.88. The van der Waals surface area contributed by atoms with E-state index in [2.05, 4.69) is 10.1 Å². The second kappa shape index (κ2) is 7.15. The van der Waals surface area contributed by atoms with E-state index in [1.807, 2.05) is 91.0 Å². The zero-order chi connectivity index (χ0) is 17.8. The summed E-state index contributed by atoms with van der Waals surface area (Å²) in [5.41, 5.74) is 3.19. The predicted molar refractivity (Wildman–Crippen MR) is 105 cm³/mol. The normalized spacial score (nSPS) is 16.9. The number of hydrazone groups is 1. The van der Waals surface area contributed by atoms with Gasteiger partial charge in [0.25, 0.3) is 5.91 Å². The van der Waals surface area contributed by atoms with Crippen LogP contribution in [-0.2, 0) is 4.79 Å². The van der Waals surface area contributed by atoms with Crippen molar-refractivity contribution >= 4 is 29.2 Å². The number of anilines is 1. The molecular formula is C22H17N3O. The molecule has 1 heterocycles. The number of rotatable bonds is 4. The van der Waals surface area contributed by atoms with Crippen LogP contribution in [0.25, 0.3) is 0 Å². The first-order chi connectivity index (χ1) is 12.8. The Kier molecular flexibility index (Phi) is 4.39. The summed E-state index contributed by atoms with van der Waals surface area (Å²) < 4.78 is 0. The molecule has 3 aromatic carbocycles. The Labute approximate surface area is 152 Å². The molecule has 3 aromatic rings. The summed E-state index contributed by atoms with van der Waals surface area (Å²) in [5.74, 6) is -0.618. The molecule has 0 aromatic heterocycles. The van der Waals surface area contributed by atoms with Gasteiger partial charge in [-0.3, -0.25) is 9.79 Å². The van der Waals surface area contributed by atoms with Gasteiger partial charge in [0.2, 0.25) is 0 Å². The molecule has 0 fully saturated rings. The first kappa shape index (κ1) is 16.0. The van der Waals surface area contributed by atoms with Crippen molar-refractivity contribution in [3.8, 4) is 0 Å². The molecule has 4 nitrogen and oxygen atoms in total. The van der Waals surface area contributed by atoms with Crippen molar-refractivity contribution in [2.45, 2.75) is 0 Å². The molecule has 1 unspecified atom stereocenters. The van der Waals surface area contributed by atoms with E-state index in [0.29, 0.717) is 5.71 Å². The quantitative estimate of drug-likeness (QED) is 0.647. The van der Waals surface area contributed by atoms with Crippen molar-refractivity contribution in [1.29, 1.82) is 0 Å². The van der Waals surface area contributed by atoms with Gasteiger partial charge in [-0.2, -0.15) is 10.1 Å². The number of carbonyl (C=O) groups is 1. The first-order valence-corrected chi connectivity index (χ1v) is 8.45. The lowest BCUT2D eigenvalue weighted by Crippen LogP contribution is -2.28. The number of benzene rings is 3. The van der Waals surface area contributed by atoms with Gasteiger partial charge < -0.3 is 0 Å². The number of para-hydroxylation sites is 2. The van der Waals surface area contributed by atoms with Crippen LogP contribution in [-0.4, -0.2) is 17.8 Å². The summed E-state index contributed by atoms with van der Waals surface area (Å²) >= 11 is 0. The standard InChI is InChI=1S/C22H17N3O/c26-22-20(16-23-18-12-6-2-7-13-18)21(17-10-4-1-5-11-17)24-25(22)19-14-8-3-9-15-19/h1-16,20H. The summed E-state index contributed by atoms with van der Waals surface area (Å²) in [4.78, 5) is 17.5. The van der Waals surface area contributed by atoms with Crippen LogP contribution in [0.3, 0.4) is 0 Å². The Morgan fingerprint density at radius 1 is 0.808 bits per heavy atom. The van der Waals surface area contributed by atoms with Gasteiger partial charge >= 0.3 is 0 Å². The minimum absolute atomic E-state index is 0.102. The van der Waals surface area contributed by atoms with Gasteiger partial charge in [0.1, 0.15) is 5.92 Å². The number of amides is 1. The van der Waals surface area contributed by atoms with Crippen LogP contribution in [0.2, 0.25) is 0 Å². The third-order valence-electron chi connectivity index (χ3n) is 4.18. The molecule has 1 aliphatic rings. The van der Waals surface area contributed by atoms with Gasteiger partial charge in [-0.25, -0.2) is 0 Å². The maximum absolute atomic E-state index is 13.0. The molecule has 0 radical (unpaired) electrons. The van der Waals surface area contributed by atoms with E-state index >= 15 is 0 Å². The SMILES string of the molecule is O=C1C(C=Nc2ccccc2)C(c2ccccc2)=NN1c1ccccc1. The van der Waals surface area contributed by atoms with E-state index in [0.717, 1.165) is 16.9 Å². The molecule has 26 heavy (non-hydrogen) atoms. The predicted octanol–water partition coefficient (Wildman–Crippen LogP) is 4.46. The monoisotopic (exact) mass is 339 g/mol. The molecule has 4 rings (SSSR count). The van der Waals surface area contributed by atoms with Crippen molar-refractivity contribution in [3.63, 3.8) is 0 Å². The van der Waals surface area contributed by atoms with Crippen LogP contribution < -0.4 is 5.01 Å². The highest BCUT2D eigenvalue weighted by atomic mass is 16.2. The summed E-state index contributed by atoms with van der Waals surface area (Å²) in [6.45, 7) is 0. The van der Waals surface area contributed by atoms with Crippen molar-refractivity contribution in [2.75, 3.05) is 5.01 Å². The highest BCUT2D eigenvalue weighted by Crippen LogP contribution is 2.26. The lowest BCUT2D eigenvalue weighted by molar-refractivity contribution is -0.118. The Hall–Kier alpha value is -3.53. The van der Waals surface area contributed by atoms with Gasteiger partial charge in [0.15, 0.2) is 0 Å². The zero-order valence-corrected chi connectivity index (χ0v) is 14.1. The average Bonchev–Trinajstić information content (AvgIpc) is 3.05. The second-order valence-electron chi connectivity index (χ2n) is 5.93. The molecule has 0 saturated carbocycles. The molecule has 1 atom stereocenters. The highest BCUT2D eigenvalue weighted by molar-refractivity contribution is 6.29. The van der Waals surface area contributed by atoms with E-state index < -0.39 is 5.92 Å². The number of aliphatic imine (C=N–C) groups is 1. The average molecular weight is 339 g/mol. The third kappa shape index (κ3) is 3.17. The fraction of sp³-hybridized carbons (Fsp3) is 0.0455. The van der Waals surface area contributed by atoms with Gasteiger partial charge in [0, 0.05) is 6.21 Å². The van der Waals surface area contributed by atoms with Gasteiger partial charge in [-0.05, 0) is 29.8 Å². The third-order valence-corrected chi connectivity index (χ3v) is 4.18. The molecule has 126 valence electrons. The van der Waals surface area contributed by atoms with E-state index in [4.69, 9.17) is 0 Å². The summed E-state index contributed by atoms with van der Waals surface area (Å²) in [6.07, 6.45) is 1.69. The summed E-state index contributed by atoms with van der Waals surface area (Å²) in [5, 5.41) is 6.07. The van der Waals surface area contributed by atoms with Gasteiger partial charge in [-0.15, -0.1) is 0 Å². The van der Waals surface area contributed by atoms with Crippen LogP contribution >= 0.6 is 0 Å². The Bertz CT molecular complexity index is 950. The molecule has 0 spiro atoms. The van der Waals surface area contributed by atoms with Crippen LogP contribution in [0.5, 0.6) is 0 Å². The maximum atomic E-state index is 13.0. The molecule has 0 N–H and O–H groups in total. The Balaban J connectivity index is 1.72. The molecular weight excluding hydrogens is 322 g/mol. The van der Waals surface area contributed by atoms with E-state index in [1.54, 1.807) is 6.21 Å². The number of hydrogen-bond acceptors (Lipinski definition) is 3. The minimum Gasteiger partial charge on any atom is -0.271 e. The Morgan fingerprint density at radius 3 is 2.04 bits per heavy atom. The maximum Gasteiger partial charge on any atom is 0.262 e. The molecule has 1 amide bonds. The largest absolute Gasteiger partial charge is 0.271 e. The summed E-state index contributed by atoms with van der Waals surface area (Å²) in [6, 6.07) is 28.8. The van der Waals surface area contributed by atoms with Crippen molar-refractivity contribution in [1.82, 2.24) is 0 Å². The smallest absolute Gasteiger partial charge is 0.262 e. The van der Waals surface area contributed by atoms with E-state index in [9.17, 15) is 4.79 Å². The van der Waals surface area contributed by atoms with Crippen molar-refractivity contribution in [2.24, 2.45) is 16.0 Å². The molecule has 4 heteroatoms. The first-order valence-electron chi connectivity index (χ1n) is 8.45. The van der Waals surface area contributed by atoms with Crippen molar-refractivity contribution in [3.05, 3.63) is 96.6 Å². The molecule has 0 aliphatic carbocycles. The zero-order valence-electron chi connectivity index (χ0n) is 14.1. The number of carbonyl (C=O) groups excluding carboxylic acids is 1. The summed E-state index contributed by atoms with van der Waals surface area (Å²) in [7, 11) is 0. The van der Waals surface area contributed by atoms with Crippen LogP contribution in [0.15, 0.2) is 101 Å². The number of nitrogens with zero attached hydrogens (tertiary/aromatic N) is 3. The van der Waals surface area contributed by atoms with E-state index in [1.165, 1.54) is 5.01 Å². The lowest BCUT2D eigenvalue weighted by atomic mass is 9.98. The lowest BCUT2D eigenvalue weighted by Gasteiger charge is -2.12. The van der Waals surface area contributed by atoms with Crippen LogP contribution in [0, 0.1) is 5.92 Å². The van der Waals surface area contributed by atoms with Crippen LogP contribution in [0.4, 0.5) is 11.4 Å². The van der Waals surface area contributed by atoms with Crippen molar-refractivity contribution < 1.29 is 4.79 Å². The molecule has 0 bridgehead atoms. The topological polar surface area (TPSA) is 45.0 Å². The van der Waals surface area contributed by atoms with Crippen LogP contribution in [0.1, 0.15) is 5.56 Å². The second-order valence-corrected chi connectivity index (χ2v) is 5.93. The highest BCUT2D eigenvalue weighted by Gasteiger charge is 2.36. The van der Waals surface area contributed by atoms with E-state index in [-0.39, 0.29) is 5.91 Å². The number of hydrogen-bond donors (Lipinski definition) is 0. The van der Waals surface area contributed by atoms with Gasteiger partial charge in [0.05, 0.1) is 17.1 Å². The minimum atomic E-state index is -0.516. The fourth-order valence-electron chi connectivity index (χ4n) is 2.88. The van der Waals surface area contributed by atoms with Gasteiger partial charge in [-0.1, -0.05) is 66.7 Å². The molecule has 0 saturated heterocycles.